The quantitative estimate of drug-likeness (QED) is 0.193. The first-order valence-corrected chi connectivity index (χ1v) is 13.3. The zero-order chi connectivity index (χ0) is 27.7. The smallest absolute Gasteiger partial charge is 0.338 e. The van der Waals surface area contributed by atoms with E-state index in [9.17, 15) is 14.4 Å². The summed E-state index contributed by atoms with van der Waals surface area (Å²) in [5, 5.41) is 15.1. The minimum atomic E-state index is -0.449. The predicted octanol–water partition coefficient (Wildman–Crippen LogP) is 4.89. The molecule has 9 nitrogen and oxygen atoms in total. The highest BCUT2D eigenvalue weighted by Gasteiger charge is 2.26. The van der Waals surface area contributed by atoms with E-state index < -0.39 is 12.0 Å². The van der Waals surface area contributed by atoms with Gasteiger partial charge in [-0.15, -0.1) is 16.8 Å². The molecule has 2 aromatic carbocycles. The average molecular weight is 536 g/mol. The minimum Gasteiger partial charge on any atom is -0.459 e. The van der Waals surface area contributed by atoms with Crippen LogP contribution in [0.3, 0.4) is 0 Å². The van der Waals surface area contributed by atoms with E-state index in [2.05, 4.69) is 27.4 Å². The number of nitrogens with zero attached hydrogens (tertiary/aromatic N) is 3. The van der Waals surface area contributed by atoms with Gasteiger partial charge in [-0.2, -0.15) is 0 Å². The summed E-state index contributed by atoms with van der Waals surface area (Å²) in [7, 11) is 0. The number of carbonyl (C=O) groups excluding carboxylic acids is 3. The van der Waals surface area contributed by atoms with Crippen LogP contribution < -0.4 is 10.6 Å². The van der Waals surface area contributed by atoms with Crippen molar-refractivity contribution in [1.29, 1.82) is 0 Å². The lowest BCUT2D eigenvalue weighted by atomic mass is 10.0. The zero-order valence-corrected chi connectivity index (χ0v) is 22.8. The van der Waals surface area contributed by atoms with E-state index in [0.717, 1.165) is 0 Å². The van der Waals surface area contributed by atoms with Gasteiger partial charge in [-0.1, -0.05) is 56.0 Å². The molecule has 0 saturated heterocycles. The number of aromatic nitrogens is 3. The molecule has 1 heterocycles. The number of rotatable bonds is 12. The Labute approximate surface area is 227 Å². The molecule has 1 aromatic heterocycles. The fourth-order valence-electron chi connectivity index (χ4n) is 3.61. The van der Waals surface area contributed by atoms with Crippen LogP contribution in [0.5, 0.6) is 0 Å². The van der Waals surface area contributed by atoms with Crippen LogP contribution in [0.15, 0.2) is 72.4 Å². The Morgan fingerprint density at radius 3 is 2.39 bits per heavy atom. The Morgan fingerprint density at radius 2 is 1.74 bits per heavy atom. The number of carbonyl (C=O) groups is 3. The molecule has 0 bridgehead atoms. The van der Waals surface area contributed by atoms with Crippen LogP contribution in [0.1, 0.15) is 60.3 Å². The first-order chi connectivity index (χ1) is 18.2. The molecule has 0 fully saturated rings. The standard InChI is InChI=1S/C28H33N5O4S/c1-6-15-33-25(24(18(2)3)30-26(35)20-11-8-7-9-12-20)31-32-28(33)38-17-23(34)29-22-14-10-13-21(16-22)27(36)37-19(4)5/h6-14,16,18-19,24H,1,15,17H2,2-5H3,(H,29,34)(H,30,35)/t24-/m1/s1. The van der Waals surface area contributed by atoms with Gasteiger partial charge in [0.15, 0.2) is 11.0 Å². The summed E-state index contributed by atoms with van der Waals surface area (Å²) in [6.45, 7) is 11.8. The lowest BCUT2D eigenvalue weighted by Crippen LogP contribution is -2.33. The van der Waals surface area contributed by atoms with Crippen LogP contribution in [0.4, 0.5) is 5.69 Å². The van der Waals surface area contributed by atoms with Crippen molar-refractivity contribution in [3.8, 4) is 0 Å². The largest absolute Gasteiger partial charge is 0.459 e. The first-order valence-electron chi connectivity index (χ1n) is 12.3. The normalized spacial score (nSPS) is 11.7. The van der Waals surface area contributed by atoms with Gasteiger partial charge in [-0.05, 0) is 50.1 Å². The maximum atomic E-state index is 12.8. The van der Waals surface area contributed by atoms with Crippen LogP contribution in [0, 0.1) is 5.92 Å². The Kier molecular flexibility index (Phi) is 10.2. The van der Waals surface area contributed by atoms with Gasteiger partial charge in [0, 0.05) is 17.8 Å². The monoisotopic (exact) mass is 535 g/mol. The molecule has 0 aliphatic heterocycles. The lowest BCUT2D eigenvalue weighted by molar-refractivity contribution is -0.113. The van der Waals surface area contributed by atoms with E-state index in [1.807, 2.05) is 36.6 Å². The molecular formula is C28H33N5O4S. The molecule has 200 valence electrons. The number of hydrogen-bond donors (Lipinski definition) is 2. The lowest BCUT2D eigenvalue weighted by Gasteiger charge is -2.22. The number of benzene rings is 2. The summed E-state index contributed by atoms with van der Waals surface area (Å²) in [5.74, 6) is -0.231. The number of hydrogen-bond acceptors (Lipinski definition) is 7. The van der Waals surface area contributed by atoms with Crippen LogP contribution in [-0.4, -0.2) is 44.4 Å². The summed E-state index contributed by atoms with van der Waals surface area (Å²) in [4.78, 5) is 37.7. The Hall–Kier alpha value is -3.92. The molecule has 0 unspecified atom stereocenters. The highest BCUT2D eigenvalue weighted by Crippen LogP contribution is 2.26. The van der Waals surface area contributed by atoms with Crippen molar-refractivity contribution in [1.82, 2.24) is 20.1 Å². The highest BCUT2D eigenvalue weighted by atomic mass is 32.2. The number of anilines is 1. The topological polar surface area (TPSA) is 115 Å². The van der Waals surface area contributed by atoms with Gasteiger partial charge in [0.2, 0.25) is 5.91 Å². The summed E-state index contributed by atoms with van der Waals surface area (Å²) in [5.41, 5.74) is 1.41. The first kappa shape index (κ1) is 28.6. The van der Waals surface area contributed by atoms with Crippen LogP contribution in [0.25, 0.3) is 0 Å². The Morgan fingerprint density at radius 1 is 1.03 bits per heavy atom. The SMILES string of the molecule is C=CCn1c(SCC(=O)Nc2cccc(C(=O)OC(C)C)c2)nnc1[C@H](NC(=O)c1ccccc1)C(C)C. The maximum absolute atomic E-state index is 12.8. The van der Waals surface area contributed by atoms with Gasteiger partial charge in [-0.25, -0.2) is 4.79 Å². The van der Waals surface area contributed by atoms with Gasteiger partial charge >= 0.3 is 5.97 Å². The number of esters is 1. The van der Waals surface area contributed by atoms with Gasteiger partial charge < -0.3 is 19.9 Å². The molecule has 38 heavy (non-hydrogen) atoms. The van der Waals surface area contributed by atoms with Crippen molar-refractivity contribution in [3.63, 3.8) is 0 Å². The molecule has 2 N–H and O–H groups in total. The summed E-state index contributed by atoms with van der Waals surface area (Å²) >= 11 is 1.22. The fourth-order valence-corrected chi connectivity index (χ4v) is 4.37. The van der Waals surface area contributed by atoms with E-state index in [1.165, 1.54) is 11.8 Å². The zero-order valence-electron chi connectivity index (χ0n) is 22.0. The molecule has 0 aliphatic rings. The second-order valence-electron chi connectivity index (χ2n) is 9.17. The average Bonchev–Trinajstić information content (AvgIpc) is 3.28. The van der Waals surface area contributed by atoms with E-state index in [-0.39, 0.29) is 29.6 Å². The van der Waals surface area contributed by atoms with E-state index >= 15 is 0 Å². The van der Waals surface area contributed by atoms with Crippen molar-refractivity contribution >= 4 is 35.2 Å². The third-order valence-electron chi connectivity index (χ3n) is 5.38. The van der Waals surface area contributed by atoms with Crippen molar-refractivity contribution in [2.75, 3.05) is 11.1 Å². The molecule has 1 atom stereocenters. The summed E-state index contributed by atoms with van der Waals surface area (Å²) in [6, 6.07) is 15.2. The summed E-state index contributed by atoms with van der Waals surface area (Å²) in [6.07, 6.45) is 1.48. The third kappa shape index (κ3) is 7.79. The molecule has 10 heteroatoms. The van der Waals surface area contributed by atoms with Crippen molar-refractivity contribution in [3.05, 3.63) is 84.2 Å². The van der Waals surface area contributed by atoms with Gasteiger partial charge in [-0.3, -0.25) is 9.59 Å². The number of nitrogens with one attached hydrogen (secondary N) is 2. The number of amides is 2. The van der Waals surface area contributed by atoms with Crippen molar-refractivity contribution < 1.29 is 19.1 Å². The second-order valence-corrected chi connectivity index (χ2v) is 10.1. The van der Waals surface area contributed by atoms with Gasteiger partial charge in [0.05, 0.1) is 23.5 Å². The molecule has 0 aliphatic carbocycles. The van der Waals surface area contributed by atoms with Gasteiger partial charge in [0.25, 0.3) is 5.91 Å². The number of thioether (sulfide) groups is 1. The Balaban J connectivity index is 1.70. The molecule has 0 radical (unpaired) electrons. The highest BCUT2D eigenvalue weighted by molar-refractivity contribution is 7.99. The van der Waals surface area contributed by atoms with Crippen molar-refractivity contribution in [2.24, 2.45) is 5.92 Å². The second kappa shape index (κ2) is 13.6. The molecule has 0 spiro atoms. The number of ether oxygens (including phenoxy) is 1. The molecule has 0 saturated carbocycles. The summed E-state index contributed by atoms with van der Waals surface area (Å²) < 4.78 is 7.07. The minimum absolute atomic E-state index is 0.0336. The molecular weight excluding hydrogens is 502 g/mol. The molecule has 3 aromatic rings. The van der Waals surface area contributed by atoms with E-state index in [4.69, 9.17) is 4.74 Å². The molecule has 2 amide bonds. The third-order valence-corrected chi connectivity index (χ3v) is 6.35. The van der Waals surface area contributed by atoms with Crippen molar-refractivity contribution in [2.45, 2.75) is 51.5 Å². The van der Waals surface area contributed by atoms with Crippen LogP contribution in [0.2, 0.25) is 0 Å². The number of allylic oxidation sites excluding steroid dienone is 1. The van der Waals surface area contributed by atoms with Gasteiger partial charge in [0.1, 0.15) is 0 Å². The molecule has 3 rings (SSSR count). The maximum Gasteiger partial charge on any atom is 0.338 e. The fraction of sp³-hybridized carbons (Fsp3) is 0.321. The van der Waals surface area contributed by atoms with E-state index in [1.54, 1.807) is 56.3 Å². The van der Waals surface area contributed by atoms with E-state index in [0.29, 0.717) is 34.3 Å². The van der Waals surface area contributed by atoms with Crippen LogP contribution in [-0.2, 0) is 16.1 Å². The Bertz CT molecular complexity index is 1270. The van der Waals surface area contributed by atoms with Crippen LogP contribution >= 0.6 is 11.8 Å². The predicted molar refractivity (Wildman–Crippen MR) is 148 cm³/mol.